The topological polar surface area (TPSA) is 28.2 Å². The van der Waals surface area contributed by atoms with Gasteiger partial charge in [-0.2, -0.15) is 0 Å². The summed E-state index contributed by atoms with van der Waals surface area (Å²) >= 11 is 0. The van der Waals surface area contributed by atoms with E-state index in [1.807, 2.05) is 13.1 Å². The van der Waals surface area contributed by atoms with Gasteiger partial charge in [0.15, 0.2) is 0 Å². The molecule has 0 bridgehead atoms. The minimum atomic E-state index is 0.690. The first-order chi connectivity index (χ1) is 7.69. The molecule has 0 aromatic carbocycles. The van der Waals surface area contributed by atoms with Crippen LogP contribution in [0.1, 0.15) is 26.0 Å². The van der Waals surface area contributed by atoms with E-state index in [4.69, 9.17) is 0 Å². The monoisotopic (exact) mass is 219 g/mol. The molecule has 16 heavy (non-hydrogen) atoms. The van der Waals surface area contributed by atoms with Crippen LogP contribution in [0, 0.1) is 5.92 Å². The fourth-order valence-electron chi connectivity index (χ4n) is 2.52. The van der Waals surface area contributed by atoms with Gasteiger partial charge in [-0.15, -0.1) is 0 Å². The Morgan fingerprint density at radius 1 is 1.44 bits per heavy atom. The normalized spacial score (nSPS) is 25.9. The number of hydrogen-bond acceptors (Lipinski definition) is 3. The number of likely N-dealkylation sites (tertiary alicyclic amines) is 1. The lowest BCUT2D eigenvalue weighted by atomic mass is 10.1. The molecule has 2 rings (SSSR count). The molecule has 1 saturated heterocycles. The maximum absolute atomic E-state index is 4.56. The Labute approximate surface area is 97.9 Å². The number of hydrogen-bond donors (Lipinski definition) is 1. The van der Waals surface area contributed by atoms with Crippen molar-refractivity contribution in [2.24, 2.45) is 5.92 Å². The zero-order chi connectivity index (χ0) is 11.5. The lowest BCUT2D eigenvalue weighted by molar-refractivity contribution is 0.253. The molecule has 1 aromatic heterocycles. The summed E-state index contributed by atoms with van der Waals surface area (Å²) in [6.07, 6.45) is 1.31. The molecule has 0 amide bonds. The first-order valence-electron chi connectivity index (χ1n) is 6.06. The van der Waals surface area contributed by atoms with Gasteiger partial charge >= 0.3 is 0 Å². The van der Waals surface area contributed by atoms with Crippen LogP contribution in [-0.4, -0.2) is 29.5 Å². The fraction of sp³-hybridized carbons (Fsp3) is 0.615. The first-order valence-corrected chi connectivity index (χ1v) is 6.06. The molecule has 2 unspecified atom stereocenters. The highest BCUT2D eigenvalue weighted by Crippen LogP contribution is 2.23. The molecule has 0 saturated carbocycles. The third-order valence-corrected chi connectivity index (χ3v) is 3.34. The lowest BCUT2D eigenvalue weighted by Crippen LogP contribution is -2.27. The van der Waals surface area contributed by atoms with Crippen LogP contribution in [0.25, 0.3) is 0 Å². The summed E-state index contributed by atoms with van der Waals surface area (Å²) in [7, 11) is 1.91. The summed E-state index contributed by atoms with van der Waals surface area (Å²) in [5, 5.41) is 3.08. The van der Waals surface area contributed by atoms with Crippen molar-refractivity contribution in [1.29, 1.82) is 0 Å². The molecular formula is C13H21N3. The van der Waals surface area contributed by atoms with E-state index in [2.05, 4.69) is 41.2 Å². The van der Waals surface area contributed by atoms with Crippen molar-refractivity contribution >= 4 is 5.82 Å². The van der Waals surface area contributed by atoms with Gasteiger partial charge in [0.25, 0.3) is 0 Å². The smallest absolute Gasteiger partial charge is 0.126 e. The van der Waals surface area contributed by atoms with E-state index in [1.165, 1.54) is 13.0 Å². The number of anilines is 1. The Bertz CT molecular complexity index is 351. The standard InChI is InChI=1S/C13H21N3/c1-10-7-11(2)16(8-10)9-12-5-4-6-13(14-3)15-12/h4-6,10-11H,7-9H2,1-3H3,(H,14,15). The zero-order valence-corrected chi connectivity index (χ0v) is 10.4. The van der Waals surface area contributed by atoms with Crippen molar-refractivity contribution in [2.45, 2.75) is 32.9 Å². The molecule has 88 valence electrons. The quantitative estimate of drug-likeness (QED) is 0.846. The molecule has 3 heteroatoms. The SMILES string of the molecule is CNc1cccc(CN2CC(C)CC2C)n1. The third kappa shape index (κ3) is 2.53. The second kappa shape index (κ2) is 4.83. The van der Waals surface area contributed by atoms with Crippen LogP contribution in [0.5, 0.6) is 0 Å². The van der Waals surface area contributed by atoms with E-state index in [1.54, 1.807) is 0 Å². The molecule has 0 spiro atoms. The summed E-state index contributed by atoms with van der Waals surface area (Å²) < 4.78 is 0. The van der Waals surface area contributed by atoms with Gasteiger partial charge in [0, 0.05) is 26.2 Å². The van der Waals surface area contributed by atoms with Gasteiger partial charge in [-0.3, -0.25) is 4.90 Å². The fourth-order valence-corrected chi connectivity index (χ4v) is 2.52. The van der Waals surface area contributed by atoms with E-state index < -0.39 is 0 Å². The van der Waals surface area contributed by atoms with Crippen LogP contribution >= 0.6 is 0 Å². The van der Waals surface area contributed by atoms with Crippen LogP contribution in [0.3, 0.4) is 0 Å². The predicted molar refractivity (Wildman–Crippen MR) is 67.4 cm³/mol. The Morgan fingerprint density at radius 3 is 2.88 bits per heavy atom. The highest BCUT2D eigenvalue weighted by atomic mass is 15.2. The second-order valence-electron chi connectivity index (χ2n) is 4.88. The molecule has 2 heterocycles. The maximum atomic E-state index is 4.56. The van der Waals surface area contributed by atoms with Crippen molar-refractivity contribution in [2.75, 3.05) is 18.9 Å². The molecule has 1 fully saturated rings. The van der Waals surface area contributed by atoms with E-state index in [0.717, 1.165) is 24.0 Å². The van der Waals surface area contributed by atoms with Crippen molar-refractivity contribution in [3.63, 3.8) is 0 Å². The highest BCUT2D eigenvalue weighted by molar-refractivity contribution is 5.34. The van der Waals surface area contributed by atoms with Gasteiger partial charge in [0.2, 0.25) is 0 Å². The minimum Gasteiger partial charge on any atom is -0.373 e. The van der Waals surface area contributed by atoms with Crippen LogP contribution in [0.4, 0.5) is 5.82 Å². The summed E-state index contributed by atoms with van der Waals surface area (Å²) in [5.74, 6) is 1.78. The Balaban J connectivity index is 2.03. The second-order valence-corrected chi connectivity index (χ2v) is 4.88. The zero-order valence-electron chi connectivity index (χ0n) is 10.4. The third-order valence-electron chi connectivity index (χ3n) is 3.34. The molecule has 1 aliphatic rings. The average molecular weight is 219 g/mol. The van der Waals surface area contributed by atoms with Crippen LogP contribution in [0.2, 0.25) is 0 Å². The number of nitrogens with one attached hydrogen (secondary N) is 1. The molecule has 1 aromatic rings. The first kappa shape index (κ1) is 11.4. The van der Waals surface area contributed by atoms with Crippen LogP contribution < -0.4 is 5.32 Å². The van der Waals surface area contributed by atoms with Gasteiger partial charge in [0.05, 0.1) is 5.69 Å². The molecule has 0 aliphatic carbocycles. The molecule has 1 aliphatic heterocycles. The van der Waals surface area contributed by atoms with Crippen molar-refractivity contribution < 1.29 is 0 Å². The molecule has 2 atom stereocenters. The maximum Gasteiger partial charge on any atom is 0.126 e. The van der Waals surface area contributed by atoms with Crippen LogP contribution in [0.15, 0.2) is 18.2 Å². The van der Waals surface area contributed by atoms with Gasteiger partial charge < -0.3 is 5.32 Å². The number of rotatable bonds is 3. The number of nitrogens with zero attached hydrogens (tertiary/aromatic N) is 2. The van der Waals surface area contributed by atoms with Crippen LogP contribution in [-0.2, 0) is 6.54 Å². The van der Waals surface area contributed by atoms with Crippen molar-refractivity contribution in [3.05, 3.63) is 23.9 Å². The largest absolute Gasteiger partial charge is 0.373 e. The van der Waals surface area contributed by atoms with Crippen molar-refractivity contribution in [1.82, 2.24) is 9.88 Å². The Hall–Kier alpha value is -1.09. The Morgan fingerprint density at radius 2 is 2.25 bits per heavy atom. The van der Waals surface area contributed by atoms with Crippen molar-refractivity contribution in [3.8, 4) is 0 Å². The van der Waals surface area contributed by atoms with Gasteiger partial charge in [0.1, 0.15) is 5.82 Å². The van der Waals surface area contributed by atoms with Gasteiger partial charge in [-0.05, 0) is 31.4 Å². The Kier molecular flexibility index (Phi) is 3.44. The summed E-state index contributed by atoms with van der Waals surface area (Å²) in [5.41, 5.74) is 1.16. The summed E-state index contributed by atoms with van der Waals surface area (Å²) in [6.45, 7) is 6.81. The average Bonchev–Trinajstić information content (AvgIpc) is 2.58. The van der Waals surface area contributed by atoms with E-state index >= 15 is 0 Å². The molecule has 1 N–H and O–H groups in total. The number of aromatic nitrogens is 1. The van der Waals surface area contributed by atoms with E-state index in [9.17, 15) is 0 Å². The summed E-state index contributed by atoms with van der Waals surface area (Å²) in [4.78, 5) is 7.08. The molecular weight excluding hydrogens is 198 g/mol. The molecule has 0 radical (unpaired) electrons. The number of pyridine rings is 1. The lowest BCUT2D eigenvalue weighted by Gasteiger charge is -2.20. The van der Waals surface area contributed by atoms with Gasteiger partial charge in [-0.1, -0.05) is 13.0 Å². The minimum absolute atomic E-state index is 0.690. The predicted octanol–water partition coefficient (Wildman–Crippen LogP) is 2.35. The molecule has 3 nitrogen and oxygen atoms in total. The van der Waals surface area contributed by atoms with Gasteiger partial charge in [-0.25, -0.2) is 4.98 Å². The van der Waals surface area contributed by atoms with E-state index in [0.29, 0.717) is 6.04 Å². The van der Waals surface area contributed by atoms with E-state index in [-0.39, 0.29) is 0 Å². The highest BCUT2D eigenvalue weighted by Gasteiger charge is 2.25. The summed E-state index contributed by atoms with van der Waals surface area (Å²) in [6, 6.07) is 6.86.